The highest BCUT2D eigenvalue weighted by molar-refractivity contribution is 5.06. The van der Waals surface area contributed by atoms with E-state index in [9.17, 15) is 0 Å². The fourth-order valence-electron chi connectivity index (χ4n) is 3.81. The van der Waals surface area contributed by atoms with E-state index in [1.165, 1.54) is 51.4 Å². The Bertz CT molecular complexity index is 243. The molecule has 2 N–H and O–H groups in total. The Balaban J connectivity index is 1.78. The lowest BCUT2D eigenvalue weighted by atomic mass is 9.58. The van der Waals surface area contributed by atoms with Crippen molar-refractivity contribution in [3.63, 3.8) is 0 Å². The highest BCUT2D eigenvalue weighted by Crippen LogP contribution is 2.51. The highest BCUT2D eigenvalue weighted by Gasteiger charge is 2.53. The average Bonchev–Trinajstić information content (AvgIpc) is 2.60. The molecule has 2 saturated carbocycles. The van der Waals surface area contributed by atoms with Crippen molar-refractivity contribution in [3.8, 4) is 0 Å². The largest absolute Gasteiger partial charge is 0.378 e. The zero-order chi connectivity index (χ0) is 13.0. The van der Waals surface area contributed by atoms with Gasteiger partial charge in [0.05, 0.1) is 6.10 Å². The van der Waals surface area contributed by atoms with Crippen LogP contribution in [0.15, 0.2) is 0 Å². The molecular weight excluding hydrogens is 222 g/mol. The molecule has 18 heavy (non-hydrogen) atoms. The van der Waals surface area contributed by atoms with Crippen LogP contribution in [0, 0.1) is 11.3 Å². The molecule has 2 heteroatoms. The molecular formula is C16H31NO. The van der Waals surface area contributed by atoms with E-state index in [2.05, 4.69) is 13.8 Å². The molecule has 2 nitrogen and oxygen atoms in total. The maximum absolute atomic E-state index is 6.32. The summed E-state index contributed by atoms with van der Waals surface area (Å²) in [6.07, 6.45) is 12.2. The molecule has 2 fully saturated rings. The van der Waals surface area contributed by atoms with Gasteiger partial charge in [-0.2, -0.15) is 0 Å². The molecule has 1 spiro atoms. The fourth-order valence-corrected chi connectivity index (χ4v) is 3.81. The Kier molecular flexibility index (Phi) is 5.08. The maximum atomic E-state index is 6.32. The van der Waals surface area contributed by atoms with Crippen LogP contribution in [0.3, 0.4) is 0 Å². The summed E-state index contributed by atoms with van der Waals surface area (Å²) in [7, 11) is 0. The molecule has 0 heterocycles. The number of nitrogens with two attached hydrogens (primary N) is 1. The van der Waals surface area contributed by atoms with Gasteiger partial charge in [0.1, 0.15) is 0 Å². The highest BCUT2D eigenvalue weighted by atomic mass is 16.5. The van der Waals surface area contributed by atoms with Crippen LogP contribution in [0.5, 0.6) is 0 Å². The van der Waals surface area contributed by atoms with Crippen molar-refractivity contribution in [1.82, 2.24) is 0 Å². The summed E-state index contributed by atoms with van der Waals surface area (Å²) in [5, 5.41) is 0. The Morgan fingerprint density at radius 2 is 1.83 bits per heavy atom. The van der Waals surface area contributed by atoms with E-state index in [-0.39, 0.29) is 0 Å². The Hall–Kier alpha value is -0.0800. The molecule has 0 aliphatic heterocycles. The summed E-state index contributed by atoms with van der Waals surface area (Å²) in [6, 6.07) is 0.408. The number of hydrogen-bond acceptors (Lipinski definition) is 2. The summed E-state index contributed by atoms with van der Waals surface area (Å²) >= 11 is 0. The SMILES string of the molecule is CC(C)CCCOC1CC(N)C12CCCCCC2. The smallest absolute Gasteiger partial charge is 0.0661 e. The van der Waals surface area contributed by atoms with Gasteiger partial charge in [0.15, 0.2) is 0 Å². The normalized spacial score (nSPS) is 31.3. The molecule has 0 bridgehead atoms. The van der Waals surface area contributed by atoms with Crippen LogP contribution in [-0.2, 0) is 4.74 Å². The number of rotatable bonds is 5. The van der Waals surface area contributed by atoms with E-state index in [0.717, 1.165) is 18.9 Å². The Labute approximate surface area is 113 Å². The van der Waals surface area contributed by atoms with Gasteiger partial charge in [0.25, 0.3) is 0 Å². The summed E-state index contributed by atoms with van der Waals surface area (Å²) < 4.78 is 6.17. The molecule has 0 aromatic carbocycles. The molecule has 0 amide bonds. The molecule has 106 valence electrons. The third-order valence-corrected chi connectivity index (χ3v) is 5.13. The van der Waals surface area contributed by atoms with Gasteiger partial charge in [-0.15, -0.1) is 0 Å². The quantitative estimate of drug-likeness (QED) is 0.755. The first kappa shape index (κ1) is 14.3. The minimum Gasteiger partial charge on any atom is -0.378 e. The van der Waals surface area contributed by atoms with Crippen molar-refractivity contribution < 1.29 is 4.74 Å². The van der Waals surface area contributed by atoms with Crippen molar-refractivity contribution in [2.75, 3.05) is 6.61 Å². The lowest BCUT2D eigenvalue weighted by Gasteiger charge is -2.54. The van der Waals surface area contributed by atoms with Gasteiger partial charge in [-0.1, -0.05) is 39.5 Å². The second kappa shape index (κ2) is 6.38. The zero-order valence-electron chi connectivity index (χ0n) is 12.3. The van der Waals surface area contributed by atoms with Gasteiger partial charge in [-0.05, 0) is 38.0 Å². The van der Waals surface area contributed by atoms with Crippen LogP contribution in [0.25, 0.3) is 0 Å². The molecule has 2 aliphatic rings. The summed E-state index contributed by atoms with van der Waals surface area (Å²) in [5.74, 6) is 0.795. The molecule has 2 atom stereocenters. The van der Waals surface area contributed by atoms with Crippen LogP contribution in [0.2, 0.25) is 0 Å². The Morgan fingerprint density at radius 3 is 2.39 bits per heavy atom. The zero-order valence-corrected chi connectivity index (χ0v) is 12.3. The van der Waals surface area contributed by atoms with Crippen molar-refractivity contribution in [1.29, 1.82) is 0 Å². The van der Waals surface area contributed by atoms with E-state index >= 15 is 0 Å². The van der Waals surface area contributed by atoms with Crippen LogP contribution < -0.4 is 5.73 Å². The van der Waals surface area contributed by atoms with Crippen molar-refractivity contribution in [3.05, 3.63) is 0 Å². The topological polar surface area (TPSA) is 35.2 Å². The van der Waals surface area contributed by atoms with Gasteiger partial charge in [-0.25, -0.2) is 0 Å². The summed E-state index contributed by atoms with van der Waals surface area (Å²) in [6.45, 7) is 5.51. The summed E-state index contributed by atoms with van der Waals surface area (Å²) in [5.41, 5.74) is 6.68. The second-order valence-electron chi connectivity index (χ2n) is 6.89. The van der Waals surface area contributed by atoms with Crippen LogP contribution >= 0.6 is 0 Å². The molecule has 0 aromatic heterocycles. The van der Waals surface area contributed by atoms with E-state index in [1.54, 1.807) is 0 Å². The van der Waals surface area contributed by atoms with Gasteiger partial charge in [0.2, 0.25) is 0 Å². The minimum atomic E-state index is 0.355. The van der Waals surface area contributed by atoms with E-state index in [1.807, 2.05) is 0 Å². The fraction of sp³-hybridized carbons (Fsp3) is 1.00. The van der Waals surface area contributed by atoms with Crippen molar-refractivity contribution in [2.24, 2.45) is 17.1 Å². The molecule has 0 radical (unpaired) electrons. The van der Waals surface area contributed by atoms with Crippen LogP contribution in [-0.4, -0.2) is 18.8 Å². The predicted octanol–water partition coefficient (Wildman–Crippen LogP) is 3.88. The molecule has 2 rings (SSSR count). The van der Waals surface area contributed by atoms with Gasteiger partial charge in [-0.3, -0.25) is 0 Å². The first-order chi connectivity index (χ1) is 8.65. The minimum absolute atomic E-state index is 0.355. The van der Waals surface area contributed by atoms with Gasteiger partial charge in [0, 0.05) is 18.1 Å². The van der Waals surface area contributed by atoms with Crippen LogP contribution in [0.1, 0.15) is 71.6 Å². The van der Waals surface area contributed by atoms with Gasteiger partial charge < -0.3 is 10.5 Å². The maximum Gasteiger partial charge on any atom is 0.0661 e. The van der Waals surface area contributed by atoms with Crippen LogP contribution in [0.4, 0.5) is 0 Å². The predicted molar refractivity (Wildman–Crippen MR) is 76.5 cm³/mol. The van der Waals surface area contributed by atoms with Crippen molar-refractivity contribution in [2.45, 2.75) is 83.8 Å². The lowest BCUT2D eigenvalue weighted by molar-refractivity contribution is -0.135. The molecule has 2 aliphatic carbocycles. The summed E-state index contributed by atoms with van der Waals surface area (Å²) in [4.78, 5) is 0. The average molecular weight is 253 g/mol. The van der Waals surface area contributed by atoms with E-state index in [4.69, 9.17) is 10.5 Å². The third-order valence-electron chi connectivity index (χ3n) is 5.13. The number of hydrogen-bond donors (Lipinski definition) is 1. The second-order valence-corrected chi connectivity index (χ2v) is 6.89. The lowest BCUT2D eigenvalue weighted by Crippen LogP contribution is -2.62. The van der Waals surface area contributed by atoms with E-state index in [0.29, 0.717) is 17.6 Å². The molecule has 0 aromatic rings. The number of ether oxygens (including phenoxy) is 1. The standard InChI is InChI=1S/C16H31NO/c1-13(2)8-7-11-18-15-12-14(17)16(15)9-5-3-4-6-10-16/h13-15H,3-12,17H2,1-2H3. The first-order valence-electron chi connectivity index (χ1n) is 8.02. The van der Waals surface area contributed by atoms with Gasteiger partial charge >= 0.3 is 0 Å². The molecule has 2 unspecified atom stereocenters. The third kappa shape index (κ3) is 3.08. The first-order valence-corrected chi connectivity index (χ1v) is 8.02. The van der Waals surface area contributed by atoms with E-state index < -0.39 is 0 Å². The monoisotopic (exact) mass is 253 g/mol. The molecule has 0 saturated heterocycles. The Morgan fingerprint density at radius 1 is 1.17 bits per heavy atom. The van der Waals surface area contributed by atoms with Crippen molar-refractivity contribution >= 4 is 0 Å².